The van der Waals surface area contributed by atoms with Crippen LogP contribution in [0, 0.1) is 0 Å². The van der Waals surface area contributed by atoms with Gasteiger partial charge in [-0.3, -0.25) is 19.7 Å². The Bertz CT molecular complexity index is 1130. The van der Waals surface area contributed by atoms with Crippen molar-refractivity contribution in [3.63, 3.8) is 0 Å². The van der Waals surface area contributed by atoms with Gasteiger partial charge in [0.15, 0.2) is 6.29 Å². The van der Waals surface area contributed by atoms with Gasteiger partial charge in [0.05, 0.1) is 18.8 Å². The molecule has 0 radical (unpaired) electrons. The van der Waals surface area contributed by atoms with Crippen molar-refractivity contribution in [2.75, 3.05) is 13.1 Å². The van der Waals surface area contributed by atoms with Crippen LogP contribution in [0.15, 0.2) is 61.2 Å². The summed E-state index contributed by atoms with van der Waals surface area (Å²) in [6.45, 7) is 6.06. The molecule has 0 bridgehead atoms. The maximum absolute atomic E-state index is 12.2. The van der Waals surface area contributed by atoms with Gasteiger partial charge in [0, 0.05) is 50.5 Å². The number of ether oxygens (including phenoxy) is 2. The van der Waals surface area contributed by atoms with E-state index in [9.17, 15) is 14.7 Å². The molecule has 2 aliphatic rings. The van der Waals surface area contributed by atoms with E-state index in [1.807, 2.05) is 54.6 Å². The van der Waals surface area contributed by atoms with Gasteiger partial charge in [-0.05, 0) is 42.4 Å². The molecule has 1 saturated carbocycles. The van der Waals surface area contributed by atoms with Gasteiger partial charge in [-0.15, -0.1) is 6.58 Å². The number of benzene rings is 2. The highest BCUT2D eigenvalue weighted by atomic mass is 16.7. The second-order valence-electron chi connectivity index (χ2n) is 11.3. The van der Waals surface area contributed by atoms with Crippen molar-refractivity contribution in [1.82, 2.24) is 15.7 Å². The number of carbonyl (C=O) groups is 2. The van der Waals surface area contributed by atoms with Gasteiger partial charge in [-0.2, -0.15) is 0 Å². The summed E-state index contributed by atoms with van der Waals surface area (Å²) in [5, 5.41) is 20.9. The predicted molar refractivity (Wildman–Crippen MR) is 159 cm³/mol. The Kier molecular flexibility index (Phi) is 12.5. The van der Waals surface area contributed by atoms with Gasteiger partial charge < -0.3 is 19.9 Å². The summed E-state index contributed by atoms with van der Waals surface area (Å²) in [6.07, 6.45) is 8.63. The minimum Gasteiger partial charge on any atom is -0.392 e. The monoisotopic (exact) mass is 579 g/mol. The maximum atomic E-state index is 12.2. The molecular weight excluding hydrogens is 534 g/mol. The van der Waals surface area contributed by atoms with E-state index in [-0.39, 0.29) is 31.1 Å². The fraction of sp³-hybridized carbons (Fsp3) is 0.515. The predicted octanol–water partition coefficient (Wildman–Crippen LogP) is 4.84. The lowest BCUT2D eigenvalue weighted by molar-refractivity contribution is -0.253. The van der Waals surface area contributed by atoms with Gasteiger partial charge in [0.1, 0.15) is 0 Å². The molecule has 1 aliphatic carbocycles. The Balaban J connectivity index is 1.39. The Labute approximate surface area is 248 Å². The quantitative estimate of drug-likeness (QED) is 0.103. The molecule has 9 nitrogen and oxygen atoms in total. The number of unbranched alkanes of at least 4 members (excludes halogenated alkanes) is 1. The van der Waals surface area contributed by atoms with Crippen LogP contribution in [0.3, 0.4) is 0 Å². The van der Waals surface area contributed by atoms with E-state index >= 15 is 0 Å². The fourth-order valence-corrected chi connectivity index (χ4v) is 5.81. The lowest BCUT2D eigenvalue weighted by Crippen LogP contribution is -2.43. The Morgan fingerprint density at radius 1 is 0.929 bits per heavy atom. The SMILES string of the molecule is C=CCN(CC1CC(c2ccc(CO)cc2)OC(c2ccc(CNC(=O)CCCCC(=O)NO)cc2)O1)C1CCCC1. The van der Waals surface area contributed by atoms with Crippen molar-refractivity contribution >= 4 is 11.8 Å². The van der Waals surface area contributed by atoms with Crippen LogP contribution >= 0.6 is 0 Å². The molecule has 2 fully saturated rings. The van der Waals surface area contributed by atoms with E-state index in [1.165, 1.54) is 25.7 Å². The van der Waals surface area contributed by atoms with Crippen molar-refractivity contribution < 1.29 is 29.4 Å². The molecule has 2 amide bonds. The van der Waals surface area contributed by atoms with Crippen LogP contribution in [0.4, 0.5) is 0 Å². The molecule has 2 aromatic rings. The molecule has 0 aromatic heterocycles. The van der Waals surface area contributed by atoms with Crippen LogP contribution < -0.4 is 10.8 Å². The molecule has 4 rings (SSSR count). The number of nitrogens with one attached hydrogen (secondary N) is 2. The zero-order chi connectivity index (χ0) is 29.7. The van der Waals surface area contributed by atoms with E-state index in [2.05, 4.69) is 16.8 Å². The topological polar surface area (TPSA) is 120 Å². The van der Waals surface area contributed by atoms with Crippen LogP contribution in [0.2, 0.25) is 0 Å². The molecular formula is C33H45N3O6. The van der Waals surface area contributed by atoms with E-state index in [0.717, 1.165) is 41.8 Å². The van der Waals surface area contributed by atoms with E-state index < -0.39 is 12.2 Å². The van der Waals surface area contributed by atoms with Crippen LogP contribution in [0.1, 0.15) is 92.4 Å². The zero-order valence-electron chi connectivity index (χ0n) is 24.4. The number of nitrogens with zero attached hydrogens (tertiary/aromatic N) is 1. The van der Waals surface area contributed by atoms with Crippen LogP contribution in [0.25, 0.3) is 0 Å². The Hall–Kier alpha value is -3.08. The van der Waals surface area contributed by atoms with Crippen LogP contribution in [-0.2, 0) is 32.2 Å². The van der Waals surface area contributed by atoms with Gasteiger partial charge in [0.2, 0.25) is 11.8 Å². The first kappa shape index (κ1) is 31.8. The average Bonchev–Trinajstić information content (AvgIpc) is 3.57. The third-order valence-electron chi connectivity index (χ3n) is 8.18. The lowest BCUT2D eigenvalue weighted by atomic mass is 9.99. The molecule has 4 N–H and O–H groups in total. The molecule has 1 saturated heterocycles. The first-order valence-electron chi connectivity index (χ1n) is 15.1. The van der Waals surface area contributed by atoms with E-state index in [0.29, 0.717) is 31.8 Å². The molecule has 1 heterocycles. The van der Waals surface area contributed by atoms with E-state index in [1.54, 1.807) is 5.48 Å². The van der Waals surface area contributed by atoms with E-state index in [4.69, 9.17) is 14.7 Å². The van der Waals surface area contributed by atoms with Crippen molar-refractivity contribution in [3.05, 3.63) is 83.4 Å². The third kappa shape index (κ3) is 9.47. The second kappa shape index (κ2) is 16.5. The van der Waals surface area contributed by atoms with Gasteiger partial charge in [0.25, 0.3) is 0 Å². The number of aliphatic hydroxyl groups excluding tert-OH is 1. The number of aliphatic hydroxyl groups is 1. The van der Waals surface area contributed by atoms with Gasteiger partial charge >= 0.3 is 0 Å². The number of amides is 2. The molecule has 2 aromatic carbocycles. The van der Waals surface area contributed by atoms with Crippen molar-refractivity contribution in [2.45, 2.75) is 95.5 Å². The Morgan fingerprint density at radius 3 is 2.21 bits per heavy atom. The summed E-state index contributed by atoms with van der Waals surface area (Å²) in [5.41, 5.74) is 5.42. The fourth-order valence-electron chi connectivity index (χ4n) is 5.81. The number of hydrogen-bond donors (Lipinski definition) is 4. The lowest BCUT2D eigenvalue weighted by Gasteiger charge is -2.39. The third-order valence-corrected chi connectivity index (χ3v) is 8.18. The normalized spacial score (nSPS) is 20.9. The van der Waals surface area contributed by atoms with Crippen molar-refractivity contribution in [2.24, 2.45) is 0 Å². The molecule has 3 unspecified atom stereocenters. The number of rotatable bonds is 15. The smallest absolute Gasteiger partial charge is 0.243 e. The Morgan fingerprint density at radius 2 is 1.57 bits per heavy atom. The number of hydrogen-bond acceptors (Lipinski definition) is 7. The first-order chi connectivity index (χ1) is 20.5. The average molecular weight is 580 g/mol. The standard InChI is InChI=1S/C33H45N3O6/c1-2-19-36(28-7-3-4-8-28)22-29-20-30(26-15-13-25(23-37)14-16-26)42-33(41-29)27-17-11-24(12-18-27)21-34-31(38)9-5-6-10-32(39)35-40/h2,11-18,28-30,33,37,40H,1,3-10,19-23H2,(H,34,38)(H,35,39). The summed E-state index contributed by atoms with van der Waals surface area (Å²) in [7, 11) is 0. The second-order valence-corrected chi connectivity index (χ2v) is 11.3. The highest BCUT2D eigenvalue weighted by molar-refractivity contribution is 5.76. The van der Waals surface area contributed by atoms with Crippen LogP contribution in [-0.4, -0.2) is 52.3 Å². The summed E-state index contributed by atoms with van der Waals surface area (Å²) in [4.78, 5) is 25.8. The molecule has 3 atom stereocenters. The molecule has 228 valence electrons. The largest absolute Gasteiger partial charge is 0.392 e. The summed E-state index contributed by atoms with van der Waals surface area (Å²) in [6, 6.07) is 16.4. The number of hydroxylamine groups is 1. The van der Waals surface area contributed by atoms with Crippen LogP contribution in [0.5, 0.6) is 0 Å². The van der Waals surface area contributed by atoms with Crippen molar-refractivity contribution in [3.8, 4) is 0 Å². The molecule has 42 heavy (non-hydrogen) atoms. The molecule has 9 heteroatoms. The molecule has 0 spiro atoms. The minimum absolute atomic E-state index is 0.00816. The van der Waals surface area contributed by atoms with Crippen molar-refractivity contribution in [1.29, 1.82) is 0 Å². The number of carbonyl (C=O) groups excluding carboxylic acids is 2. The minimum atomic E-state index is -0.528. The maximum Gasteiger partial charge on any atom is 0.243 e. The summed E-state index contributed by atoms with van der Waals surface area (Å²) < 4.78 is 13.1. The zero-order valence-corrected chi connectivity index (χ0v) is 24.4. The summed E-state index contributed by atoms with van der Waals surface area (Å²) >= 11 is 0. The first-order valence-corrected chi connectivity index (χ1v) is 15.1. The molecule has 1 aliphatic heterocycles. The summed E-state index contributed by atoms with van der Waals surface area (Å²) in [5.74, 6) is -0.520. The highest BCUT2D eigenvalue weighted by Gasteiger charge is 2.34. The van der Waals surface area contributed by atoms with Gasteiger partial charge in [-0.25, -0.2) is 5.48 Å². The van der Waals surface area contributed by atoms with Gasteiger partial charge in [-0.1, -0.05) is 67.4 Å². The highest BCUT2D eigenvalue weighted by Crippen LogP contribution is 2.38.